The number of hydrogen-bond acceptors (Lipinski definition) is 8. The van der Waals surface area contributed by atoms with Gasteiger partial charge in [0.1, 0.15) is 17.6 Å². The van der Waals surface area contributed by atoms with Gasteiger partial charge in [-0.05, 0) is 31.4 Å². The first-order valence-electron chi connectivity index (χ1n) is 13.5. The van der Waals surface area contributed by atoms with Crippen molar-refractivity contribution in [2.24, 2.45) is 11.3 Å². The van der Waals surface area contributed by atoms with Crippen LogP contribution in [-0.2, 0) is 19.1 Å². The molecule has 0 radical (unpaired) electrons. The van der Waals surface area contributed by atoms with Crippen LogP contribution in [0.4, 0.5) is 5.69 Å². The normalized spacial score (nSPS) is 28.1. The molecule has 5 rings (SSSR count). The van der Waals surface area contributed by atoms with Crippen LogP contribution in [0.5, 0.6) is 11.5 Å². The molecule has 9 nitrogen and oxygen atoms in total. The van der Waals surface area contributed by atoms with Gasteiger partial charge >= 0.3 is 11.9 Å². The van der Waals surface area contributed by atoms with Crippen molar-refractivity contribution < 1.29 is 33.7 Å². The number of rotatable bonds is 6. The van der Waals surface area contributed by atoms with E-state index in [0.29, 0.717) is 34.9 Å². The number of thioether (sulfide) groups is 1. The van der Waals surface area contributed by atoms with Gasteiger partial charge in [-0.25, -0.2) is 14.1 Å². The van der Waals surface area contributed by atoms with Crippen LogP contribution < -0.4 is 19.3 Å². The fourth-order valence-electron chi connectivity index (χ4n) is 6.81. The van der Waals surface area contributed by atoms with E-state index >= 15 is 0 Å². The Kier molecular flexibility index (Phi) is 7.50. The minimum atomic E-state index is -1.73. The molecule has 0 aromatic heterocycles. The molecule has 2 aromatic carbocycles. The van der Waals surface area contributed by atoms with Crippen molar-refractivity contribution in [3.8, 4) is 11.5 Å². The van der Waals surface area contributed by atoms with Crippen molar-refractivity contribution in [2.75, 3.05) is 39.3 Å². The van der Waals surface area contributed by atoms with Crippen LogP contribution in [-0.4, -0.2) is 67.6 Å². The minimum Gasteiger partial charge on any atom is -0.477 e. The second kappa shape index (κ2) is 10.5. The average Bonchev–Trinajstić information content (AvgIpc) is 3.36. The number of carbonyl (C=O) groups is 3. The SMILES string of the molecule is CSc1ccc2c(c1)C(c1cccc3c1OCO3)OCC(=O)[N@@+]2(CC(C)(C)C)[C@@]1(C(=O)O)CCNC[C@@H]1C(C)=O. The first-order valence-corrected chi connectivity index (χ1v) is 14.7. The van der Waals surface area contributed by atoms with Gasteiger partial charge in [0, 0.05) is 47.0 Å². The molecule has 1 unspecified atom stereocenters. The summed E-state index contributed by atoms with van der Waals surface area (Å²) in [4.78, 5) is 42.5. The Morgan fingerprint density at radius 1 is 1.18 bits per heavy atom. The second-order valence-corrected chi connectivity index (χ2v) is 12.8. The number of piperidine rings is 1. The number of quaternary nitrogens is 1. The number of hydrogen-bond donors (Lipinski definition) is 2. The molecule has 10 heteroatoms. The zero-order chi connectivity index (χ0) is 28.9. The molecule has 3 aliphatic heterocycles. The molecule has 4 atom stereocenters. The lowest BCUT2D eigenvalue weighted by molar-refractivity contribution is -0.170. The summed E-state index contributed by atoms with van der Waals surface area (Å²) in [6.07, 6.45) is 1.36. The van der Waals surface area contributed by atoms with Gasteiger partial charge in [-0.3, -0.25) is 4.79 Å². The smallest absolute Gasteiger partial charge is 0.367 e. The van der Waals surface area contributed by atoms with E-state index in [0.717, 1.165) is 4.90 Å². The van der Waals surface area contributed by atoms with Crippen LogP contribution in [0.3, 0.4) is 0 Å². The van der Waals surface area contributed by atoms with E-state index in [1.54, 1.807) is 11.8 Å². The van der Waals surface area contributed by atoms with E-state index in [1.807, 2.05) is 63.4 Å². The summed E-state index contributed by atoms with van der Waals surface area (Å²) in [6, 6.07) is 11.3. The molecule has 2 N–H and O–H groups in total. The first kappa shape index (κ1) is 28.6. The maximum atomic E-state index is 14.7. The highest BCUT2D eigenvalue weighted by Gasteiger charge is 2.70. The highest BCUT2D eigenvalue weighted by Crippen LogP contribution is 2.52. The molecule has 0 bridgehead atoms. The number of amides is 1. The zero-order valence-corrected chi connectivity index (χ0v) is 24.4. The third-order valence-electron chi connectivity index (χ3n) is 8.30. The van der Waals surface area contributed by atoms with Crippen LogP contribution in [0.1, 0.15) is 51.3 Å². The second-order valence-electron chi connectivity index (χ2n) is 12.0. The summed E-state index contributed by atoms with van der Waals surface area (Å²) >= 11 is 1.55. The summed E-state index contributed by atoms with van der Waals surface area (Å²) in [5.74, 6) is -1.57. The molecule has 1 amide bonds. The molecule has 0 aliphatic carbocycles. The zero-order valence-electron chi connectivity index (χ0n) is 23.6. The van der Waals surface area contributed by atoms with Gasteiger partial charge in [-0.1, -0.05) is 32.9 Å². The van der Waals surface area contributed by atoms with Gasteiger partial charge in [0.25, 0.3) is 0 Å². The number of ketones is 1. The topological polar surface area (TPSA) is 111 Å². The summed E-state index contributed by atoms with van der Waals surface area (Å²) in [7, 11) is 0. The van der Waals surface area contributed by atoms with Crippen LogP contribution in [0.25, 0.3) is 0 Å². The van der Waals surface area contributed by atoms with Crippen LogP contribution >= 0.6 is 11.8 Å². The molecular weight excluding hydrogens is 532 g/mol. The van der Waals surface area contributed by atoms with Gasteiger partial charge in [0.2, 0.25) is 12.3 Å². The van der Waals surface area contributed by atoms with Crippen molar-refractivity contribution in [1.82, 2.24) is 9.80 Å². The number of nitrogens with zero attached hydrogens (tertiary/aromatic N) is 1. The van der Waals surface area contributed by atoms with E-state index in [-0.39, 0.29) is 44.6 Å². The molecule has 0 saturated carbocycles. The van der Waals surface area contributed by atoms with Gasteiger partial charge in [0.15, 0.2) is 18.1 Å². The highest BCUT2D eigenvalue weighted by molar-refractivity contribution is 7.98. The van der Waals surface area contributed by atoms with Crippen molar-refractivity contribution in [2.45, 2.75) is 50.7 Å². The Labute approximate surface area is 238 Å². The number of Topliss-reactive ketones (excluding diaryl/α,β-unsaturated/α-hetero) is 1. The number of ether oxygens (including phenoxy) is 3. The summed E-state index contributed by atoms with van der Waals surface area (Å²) in [6.45, 7) is 7.88. The van der Waals surface area contributed by atoms with Gasteiger partial charge < -0.3 is 24.6 Å². The number of para-hydroxylation sites is 1. The maximum absolute atomic E-state index is 14.7. The highest BCUT2D eigenvalue weighted by atomic mass is 32.2. The van der Waals surface area contributed by atoms with Crippen molar-refractivity contribution >= 4 is 35.1 Å². The quantitative estimate of drug-likeness (QED) is 0.391. The minimum absolute atomic E-state index is 0.0785. The number of fused-ring (bicyclic) bond motifs is 2. The lowest BCUT2D eigenvalue weighted by Crippen LogP contribution is -2.80. The van der Waals surface area contributed by atoms with Gasteiger partial charge in [-0.15, -0.1) is 11.8 Å². The predicted octanol–water partition coefficient (Wildman–Crippen LogP) is 4.16. The van der Waals surface area contributed by atoms with E-state index in [9.17, 15) is 19.5 Å². The fraction of sp³-hybridized carbons (Fsp3) is 0.500. The third kappa shape index (κ3) is 4.41. The van der Waals surface area contributed by atoms with Crippen molar-refractivity contribution in [3.63, 3.8) is 0 Å². The largest absolute Gasteiger partial charge is 0.477 e. The van der Waals surface area contributed by atoms with E-state index in [4.69, 9.17) is 14.2 Å². The fourth-order valence-corrected chi connectivity index (χ4v) is 7.26. The number of carbonyl (C=O) groups excluding carboxylic acids is 2. The average molecular weight is 570 g/mol. The maximum Gasteiger partial charge on any atom is 0.367 e. The van der Waals surface area contributed by atoms with Gasteiger partial charge in [-0.2, -0.15) is 0 Å². The number of carboxylic acid groups (broad SMARTS) is 1. The number of benzene rings is 2. The summed E-state index contributed by atoms with van der Waals surface area (Å²) < 4.78 is 17.4. The van der Waals surface area contributed by atoms with Crippen molar-refractivity contribution in [3.05, 3.63) is 47.5 Å². The molecule has 2 aromatic rings. The van der Waals surface area contributed by atoms with E-state index in [1.165, 1.54) is 6.92 Å². The summed E-state index contributed by atoms with van der Waals surface area (Å²) in [5, 5.41) is 14.3. The molecule has 3 aliphatic rings. The van der Waals surface area contributed by atoms with E-state index in [2.05, 4.69) is 5.32 Å². The molecule has 40 heavy (non-hydrogen) atoms. The standard InChI is InChI=1S/C30H36N2O7S/c1-18(33)22-14-31-12-11-30(22,28(35)36)32(16-29(2,3)4)23-10-9-19(40-5)13-21(23)26(37-15-25(32)34)20-7-6-8-24-27(20)39-17-38-24/h6-10,13,22,26,31H,11-12,14-17H2,1-5H3/p+1/t22-,26?,30+,32+/m1/s1. The first-order chi connectivity index (χ1) is 19.0. The Balaban J connectivity index is 1.88. The Bertz CT molecular complexity index is 1360. The summed E-state index contributed by atoms with van der Waals surface area (Å²) in [5.41, 5.74) is -0.270. The van der Waals surface area contributed by atoms with Crippen LogP contribution in [0.2, 0.25) is 0 Å². The Hall–Kier alpha value is -2.92. The lowest BCUT2D eigenvalue weighted by atomic mass is 9.70. The Morgan fingerprint density at radius 2 is 1.95 bits per heavy atom. The van der Waals surface area contributed by atoms with Crippen molar-refractivity contribution in [1.29, 1.82) is 0 Å². The lowest BCUT2D eigenvalue weighted by Gasteiger charge is -2.54. The van der Waals surface area contributed by atoms with Crippen LogP contribution in [0, 0.1) is 11.3 Å². The monoisotopic (exact) mass is 569 g/mol. The Morgan fingerprint density at radius 3 is 2.62 bits per heavy atom. The number of nitrogens with one attached hydrogen (secondary N) is 1. The third-order valence-corrected chi connectivity index (χ3v) is 9.02. The van der Waals surface area contributed by atoms with Gasteiger partial charge in [0.05, 0.1) is 12.5 Å². The van der Waals surface area contributed by atoms with Crippen LogP contribution in [0.15, 0.2) is 41.3 Å². The number of aliphatic carboxylic acids is 1. The number of carboxylic acids is 1. The molecule has 0 spiro atoms. The molecular formula is C30H37N2O7S+. The molecule has 1 saturated heterocycles. The predicted molar refractivity (Wildman–Crippen MR) is 152 cm³/mol. The molecule has 1 fully saturated rings. The van der Waals surface area contributed by atoms with E-state index < -0.39 is 33.4 Å². The molecule has 214 valence electrons. The molecule has 3 heterocycles.